The molecule has 0 saturated carbocycles. The summed E-state index contributed by atoms with van der Waals surface area (Å²) in [5, 5.41) is 13.5. The Balaban J connectivity index is 1.71. The predicted octanol–water partition coefficient (Wildman–Crippen LogP) is 2.90. The van der Waals surface area contributed by atoms with Crippen molar-refractivity contribution in [3.8, 4) is 5.75 Å². The number of carbonyl (C=O) groups is 2. The van der Waals surface area contributed by atoms with Gasteiger partial charge in [0.25, 0.3) is 0 Å². The predicted molar refractivity (Wildman–Crippen MR) is 97.3 cm³/mol. The Morgan fingerprint density at radius 2 is 2.07 bits per heavy atom. The first-order valence-corrected chi connectivity index (χ1v) is 8.77. The molecular formula is C19H24N2O6. The number of hydrogen-bond donors (Lipinski definition) is 1. The molecule has 2 heterocycles. The smallest absolute Gasteiger partial charge is 0.410 e. The lowest BCUT2D eigenvalue weighted by Crippen LogP contribution is -2.39. The van der Waals surface area contributed by atoms with Crippen molar-refractivity contribution in [2.75, 3.05) is 20.2 Å². The maximum Gasteiger partial charge on any atom is 0.410 e. The van der Waals surface area contributed by atoms with Crippen molar-refractivity contribution in [2.45, 2.75) is 44.8 Å². The SMILES string of the molecule is COc1ccc(C2=NOC3(CCN(C(=O)OC(C)(C)C)C3)C2)cc1C(=O)O. The van der Waals surface area contributed by atoms with E-state index in [-0.39, 0.29) is 17.4 Å². The van der Waals surface area contributed by atoms with Crippen molar-refractivity contribution in [3.63, 3.8) is 0 Å². The van der Waals surface area contributed by atoms with Gasteiger partial charge < -0.3 is 24.3 Å². The second-order valence-electron chi connectivity index (χ2n) is 7.86. The van der Waals surface area contributed by atoms with E-state index in [1.165, 1.54) is 13.2 Å². The van der Waals surface area contributed by atoms with Gasteiger partial charge in [-0.1, -0.05) is 5.16 Å². The average molecular weight is 376 g/mol. The van der Waals surface area contributed by atoms with Gasteiger partial charge in [0, 0.05) is 24.9 Å². The molecular weight excluding hydrogens is 352 g/mol. The summed E-state index contributed by atoms with van der Waals surface area (Å²) in [6.07, 6.45) is 0.771. The van der Waals surface area contributed by atoms with Crippen molar-refractivity contribution < 1.29 is 29.0 Å². The number of oxime groups is 1. The van der Waals surface area contributed by atoms with Gasteiger partial charge in [0.05, 0.1) is 19.4 Å². The fraction of sp³-hybridized carbons (Fsp3) is 0.526. The Bertz CT molecular complexity index is 798. The van der Waals surface area contributed by atoms with Crippen LogP contribution >= 0.6 is 0 Å². The molecule has 2 aliphatic rings. The molecule has 1 atom stereocenters. The lowest BCUT2D eigenvalue weighted by atomic mass is 9.93. The Morgan fingerprint density at radius 1 is 1.33 bits per heavy atom. The first-order chi connectivity index (χ1) is 12.6. The molecule has 1 N–H and O–H groups in total. The number of carboxylic acids is 1. The van der Waals surface area contributed by atoms with Crippen molar-refractivity contribution in [2.24, 2.45) is 5.16 Å². The number of carbonyl (C=O) groups excluding carboxylic acids is 1. The number of methoxy groups -OCH3 is 1. The highest BCUT2D eigenvalue weighted by molar-refractivity contribution is 6.04. The van der Waals surface area contributed by atoms with Gasteiger partial charge in [0.15, 0.2) is 5.60 Å². The molecule has 1 aromatic rings. The molecule has 1 fully saturated rings. The molecule has 1 aromatic carbocycles. The van der Waals surface area contributed by atoms with E-state index in [2.05, 4.69) is 5.16 Å². The van der Waals surface area contributed by atoms with E-state index in [1.54, 1.807) is 17.0 Å². The van der Waals surface area contributed by atoms with Crippen LogP contribution in [0.25, 0.3) is 0 Å². The normalized spacial score (nSPS) is 21.8. The lowest BCUT2D eigenvalue weighted by molar-refractivity contribution is -0.0159. The summed E-state index contributed by atoms with van der Waals surface area (Å²) >= 11 is 0. The summed E-state index contributed by atoms with van der Waals surface area (Å²) < 4.78 is 10.5. The summed E-state index contributed by atoms with van der Waals surface area (Å²) in [7, 11) is 1.43. The van der Waals surface area contributed by atoms with E-state index in [0.717, 1.165) is 0 Å². The van der Waals surface area contributed by atoms with Crippen LogP contribution in [0.4, 0.5) is 4.79 Å². The average Bonchev–Trinajstić information content (AvgIpc) is 3.20. The molecule has 8 nitrogen and oxygen atoms in total. The minimum atomic E-state index is -1.07. The van der Waals surface area contributed by atoms with Gasteiger partial charge in [-0.3, -0.25) is 0 Å². The number of amides is 1. The molecule has 2 aliphatic heterocycles. The van der Waals surface area contributed by atoms with E-state index in [0.29, 0.717) is 37.2 Å². The van der Waals surface area contributed by atoms with Crippen LogP contribution in [-0.2, 0) is 9.57 Å². The number of likely N-dealkylation sites (tertiary alicyclic amines) is 1. The largest absolute Gasteiger partial charge is 0.496 e. The number of benzene rings is 1. The molecule has 1 saturated heterocycles. The summed E-state index contributed by atoms with van der Waals surface area (Å²) in [5.41, 5.74) is 0.254. The van der Waals surface area contributed by atoms with Crippen molar-refractivity contribution in [3.05, 3.63) is 29.3 Å². The number of carboxylic acid groups (broad SMARTS) is 1. The first kappa shape index (κ1) is 19.0. The molecule has 27 heavy (non-hydrogen) atoms. The molecule has 1 unspecified atom stereocenters. The second kappa shape index (κ2) is 6.75. The Hall–Kier alpha value is -2.77. The van der Waals surface area contributed by atoms with Gasteiger partial charge >= 0.3 is 12.1 Å². The van der Waals surface area contributed by atoms with Gasteiger partial charge in [-0.05, 0) is 39.0 Å². The highest BCUT2D eigenvalue weighted by Crippen LogP contribution is 2.36. The van der Waals surface area contributed by atoms with Crippen LogP contribution in [0.1, 0.15) is 49.5 Å². The number of aromatic carboxylic acids is 1. The number of rotatable bonds is 3. The lowest BCUT2D eigenvalue weighted by Gasteiger charge is -2.25. The third-order valence-electron chi connectivity index (χ3n) is 4.57. The third-order valence-corrected chi connectivity index (χ3v) is 4.57. The van der Waals surface area contributed by atoms with Gasteiger partial charge in [0.2, 0.25) is 0 Å². The highest BCUT2D eigenvalue weighted by Gasteiger charge is 2.47. The molecule has 0 radical (unpaired) electrons. The quantitative estimate of drug-likeness (QED) is 0.871. The van der Waals surface area contributed by atoms with Gasteiger partial charge in [-0.2, -0.15) is 0 Å². The van der Waals surface area contributed by atoms with Gasteiger partial charge in [-0.25, -0.2) is 9.59 Å². The van der Waals surface area contributed by atoms with Crippen LogP contribution in [0.3, 0.4) is 0 Å². The molecule has 3 rings (SSSR count). The summed E-state index contributed by atoms with van der Waals surface area (Å²) in [5.74, 6) is -0.780. The fourth-order valence-corrected chi connectivity index (χ4v) is 3.28. The molecule has 0 aromatic heterocycles. The van der Waals surface area contributed by atoms with Crippen molar-refractivity contribution in [1.82, 2.24) is 4.90 Å². The fourth-order valence-electron chi connectivity index (χ4n) is 3.28. The van der Waals surface area contributed by atoms with Crippen LogP contribution in [0, 0.1) is 0 Å². The van der Waals surface area contributed by atoms with E-state index in [4.69, 9.17) is 14.3 Å². The summed E-state index contributed by atoms with van der Waals surface area (Å²) in [6, 6.07) is 4.89. The molecule has 1 amide bonds. The molecule has 0 bridgehead atoms. The molecule has 0 aliphatic carbocycles. The van der Waals surface area contributed by atoms with Gasteiger partial charge in [0.1, 0.15) is 16.9 Å². The van der Waals surface area contributed by atoms with Crippen LogP contribution in [-0.4, -0.2) is 59.2 Å². The molecule has 8 heteroatoms. The minimum absolute atomic E-state index is 0.0699. The zero-order chi connectivity index (χ0) is 19.8. The summed E-state index contributed by atoms with van der Waals surface area (Å²) in [4.78, 5) is 31.0. The standard InChI is InChI=1S/C19H24N2O6/c1-18(2,3)26-17(24)21-8-7-19(11-21)10-14(20-27-19)12-5-6-15(25-4)13(9-12)16(22)23/h5-6,9H,7-8,10-11H2,1-4H3,(H,22,23). The van der Waals surface area contributed by atoms with Crippen molar-refractivity contribution >= 4 is 17.8 Å². The monoisotopic (exact) mass is 376 g/mol. The van der Waals surface area contributed by atoms with Crippen LogP contribution < -0.4 is 4.74 Å². The number of hydrogen-bond acceptors (Lipinski definition) is 6. The number of nitrogens with zero attached hydrogens (tertiary/aromatic N) is 2. The van der Waals surface area contributed by atoms with Crippen LogP contribution in [0.2, 0.25) is 0 Å². The van der Waals surface area contributed by atoms with E-state index in [9.17, 15) is 14.7 Å². The zero-order valence-electron chi connectivity index (χ0n) is 15.9. The highest BCUT2D eigenvalue weighted by atomic mass is 16.7. The van der Waals surface area contributed by atoms with E-state index >= 15 is 0 Å². The van der Waals surface area contributed by atoms with Crippen LogP contribution in [0.15, 0.2) is 23.4 Å². The Kier molecular flexibility index (Phi) is 4.75. The van der Waals surface area contributed by atoms with Crippen LogP contribution in [0.5, 0.6) is 5.75 Å². The van der Waals surface area contributed by atoms with E-state index in [1.807, 2.05) is 20.8 Å². The number of ether oxygens (including phenoxy) is 2. The summed E-state index contributed by atoms with van der Waals surface area (Å²) in [6.45, 7) is 6.40. The topological polar surface area (TPSA) is 97.7 Å². The first-order valence-electron chi connectivity index (χ1n) is 8.77. The third kappa shape index (κ3) is 3.99. The van der Waals surface area contributed by atoms with Crippen molar-refractivity contribution in [1.29, 1.82) is 0 Å². The minimum Gasteiger partial charge on any atom is -0.496 e. The molecule has 146 valence electrons. The van der Waals surface area contributed by atoms with Gasteiger partial charge in [-0.15, -0.1) is 0 Å². The maximum atomic E-state index is 12.3. The molecule has 1 spiro atoms. The van der Waals surface area contributed by atoms with E-state index < -0.39 is 17.2 Å². The zero-order valence-corrected chi connectivity index (χ0v) is 15.9. The maximum absolute atomic E-state index is 12.3. The Morgan fingerprint density at radius 3 is 2.70 bits per heavy atom. The second-order valence-corrected chi connectivity index (χ2v) is 7.86. The Labute approximate surface area is 157 Å².